The first kappa shape index (κ1) is 17.0. The van der Waals surface area contributed by atoms with Crippen LogP contribution in [0.5, 0.6) is 0 Å². The van der Waals surface area contributed by atoms with Crippen LogP contribution in [0.3, 0.4) is 0 Å². The van der Waals surface area contributed by atoms with E-state index >= 15 is 0 Å². The number of amides is 1. The van der Waals surface area contributed by atoms with Gasteiger partial charge in [-0.3, -0.25) is 9.69 Å². The van der Waals surface area contributed by atoms with Crippen molar-refractivity contribution in [2.75, 3.05) is 52.6 Å². The molecule has 0 radical (unpaired) electrons. The molecule has 2 unspecified atom stereocenters. The summed E-state index contributed by atoms with van der Waals surface area (Å²) in [6.45, 7) is 8.72. The van der Waals surface area contributed by atoms with Crippen LogP contribution in [-0.4, -0.2) is 79.3 Å². The van der Waals surface area contributed by atoms with Gasteiger partial charge in [0.15, 0.2) is 11.6 Å². The molecule has 1 aromatic heterocycles. The number of hydrogen-bond donors (Lipinski definition) is 0. The minimum absolute atomic E-state index is 0.00957. The second kappa shape index (κ2) is 7.43. The van der Waals surface area contributed by atoms with Crippen molar-refractivity contribution in [2.24, 2.45) is 5.92 Å². The minimum atomic E-state index is -0.00957. The Kier molecular flexibility index (Phi) is 5.05. The lowest BCUT2D eigenvalue weighted by molar-refractivity contribution is 0.0119. The van der Waals surface area contributed by atoms with Crippen LogP contribution in [0.1, 0.15) is 42.1 Å². The van der Waals surface area contributed by atoms with Crippen LogP contribution in [0.2, 0.25) is 0 Å². The van der Waals surface area contributed by atoms with E-state index in [9.17, 15) is 4.79 Å². The molecule has 4 heterocycles. The van der Waals surface area contributed by atoms with Crippen molar-refractivity contribution in [3.63, 3.8) is 0 Å². The fourth-order valence-corrected chi connectivity index (χ4v) is 4.18. The number of likely N-dealkylation sites (tertiary alicyclic amines) is 1. The van der Waals surface area contributed by atoms with Crippen LogP contribution >= 0.6 is 0 Å². The second-order valence-corrected chi connectivity index (χ2v) is 7.36. The molecule has 0 aromatic carbocycles. The lowest BCUT2D eigenvalue weighted by Crippen LogP contribution is -2.47. The minimum Gasteiger partial charge on any atom is -0.448 e. The predicted octanol–water partition coefficient (Wildman–Crippen LogP) is 1.36. The van der Waals surface area contributed by atoms with Gasteiger partial charge in [-0.15, -0.1) is 0 Å². The van der Waals surface area contributed by atoms with Crippen molar-refractivity contribution in [2.45, 2.75) is 31.7 Å². The number of oxazole rings is 1. The third kappa shape index (κ3) is 3.59. The molecule has 3 aliphatic rings. The standard InChI is InChI=1S/C18H27N3O4/c1-13-10-21(11-16(13)20-4-8-24-9-5-20)18(22)15-12-25-17(19-15)14-2-6-23-7-3-14/h12-14,16H,2-11H2,1H3. The average molecular weight is 349 g/mol. The van der Waals surface area contributed by atoms with Crippen LogP contribution in [0.25, 0.3) is 0 Å². The number of carbonyl (C=O) groups excluding carboxylic acids is 1. The SMILES string of the molecule is CC1CN(C(=O)c2coc(C3CCOCC3)n2)CC1N1CCOCC1. The Morgan fingerprint density at radius 1 is 1.12 bits per heavy atom. The van der Waals surface area contributed by atoms with Crippen molar-refractivity contribution < 1.29 is 18.7 Å². The van der Waals surface area contributed by atoms with Gasteiger partial charge in [0.1, 0.15) is 6.26 Å². The highest BCUT2D eigenvalue weighted by atomic mass is 16.5. The van der Waals surface area contributed by atoms with Crippen molar-refractivity contribution in [1.29, 1.82) is 0 Å². The van der Waals surface area contributed by atoms with E-state index in [1.165, 1.54) is 6.26 Å². The maximum absolute atomic E-state index is 12.9. The Labute approximate surface area is 148 Å². The Balaban J connectivity index is 1.40. The Morgan fingerprint density at radius 3 is 2.60 bits per heavy atom. The number of aromatic nitrogens is 1. The first-order chi connectivity index (χ1) is 12.2. The fourth-order valence-electron chi connectivity index (χ4n) is 4.18. The van der Waals surface area contributed by atoms with Gasteiger partial charge in [0.25, 0.3) is 5.91 Å². The summed E-state index contributed by atoms with van der Waals surface area (Å²) in [6, 6.07) is 0.412. The number of ether oxygens (including phenoxy) is 2. The van der Waals surface area contributed by atoms with Crippen molar-refractivity contribution in [3.8, 4) is 0 Å². The van der Waals surface area contributed by atoms with Gasteiger partial charge in [0.2, 0.25) is 0 Å². The molecule has 4 rings (SSSR count). The number of nitrogens with zero attached hydrogens (tertiary/aromatic N) is 3. The second-order valence-electron chi connectivity index (χ2n) is 7.36. The number of hydrogen-bond acceptors (Lipinski definition) is 6. The van der Waals surface area contributed by atoms with Crippen molar-refractivity contribution in [1.82, 2.24) is 14.8 Å². The van der Waals surface area contributed by atoms with E-state index in [0.29, 0.717) is 23.5 Å². The van der Waals surface area contributed by atoms with Crippen LogP contribution in [0, 0.1) is 5.92 Å². The third-order valence-electron chi connectivity index (χ3n) is 5.69. The molecular formula is C18H27N3O4. The third-order valence-corrected chi connectivity index (χ3v) is 5.69. The molecule has 138 valence electrons. The largest absolute Gasteiger partial charge is 0.448 e. The summed E-state index contributed by atoms with van der Waals surface area (Å²) >= 11 is 0. The maximum atomic E-state index is 12.9. The van der Waals surface area contributed by atoms with E-state index in [-0.39, 0.29) is 11.8 Å². The number of rotatable bonds is 3. The van der Waals surface area contributed by atoms with Crippen molar-refractivity contribution >= 4 is 5.91 Å². The summed E-state index contributed by atoms with van der Waals surface area (Å²) in [5.74, 6) is 1.41. The van der Waals surface area contributed by atoms with Gasteiger partial charge < -0.3 is 18.8 Å². The summed E-state index contributed by atoms with van der Waals surface area (Å²) in [5.41, 5.74) is 0.441. The molecule has 0 N–H and O–H groups in total. The van der Waals surface area contributed by atoms with Crippen LogP contribution in [-0.2, 0) is 9.47 Å². The van der Waals surface area contributed by atoms with Gasteiger partial charge in [0.05, 0.1) is 13.2 Å². The van der Waals surface area contributed by atoms with E-state index in [0.717, 1.165) is 65.4 Å². The van der Waals surface area contributed by atoms with Crippen LogP contribution in [0.15, 0.2) is 10.7 Å². The van der Waals surface area contributed by atoms with Gasteiger partial charge in [-0.1, -0.05) is 6.92 Å². The number of carbonyl (C=O) groups is 1. The zero-order valence-electron chi connectivity index (χ0n) is 14.9. The summed E-state index contributed by atoms with van der Waals surface area (Å²) in [5, 5.41) is 0. The predicted molar refractivity (Wildman–Crippen MR) is 90.5 cm³/mol. The summed E-state index contributed by atoms with van der Waals surface area (Å²) in [6.07, 6.45) is 3.35. The molecule has 2 atom stereocenters. The van der Waals surface area contributed by atoms with Crippen LogP contribution in [0.4, 0.5) is 0 Å². The van der Waals surface area contributed by atoms with Gasteiger partial charge in [-0.2, -0.15) is 0 Å². The van der Waals surface area contributed by atoms with E-state index in [1.807, 2.05) is 4.90 Å². The van der Waals surface area contributed by atoms with E-state index in [4.69, 9.17) is 13.9 Å². The molecule has 0 saturated carbocycles. The van der Waals surface area contributed by atoms with E-state index < -0.39 is 0 Å². The average Bonchev–Trinajstić information content (AvgIpc) is 3.30. The lowest BCUT2D eigenvalue weighted by atomic mass is 10.0. The van der Waals surface area contributed by atoms with E-state index in [1.54, 1.807) is 0 Å². The maximum Gasteiger partial charge on any atom is 0.275 e. The molecule has 0 aliphatic carbocycles. The first-order valence-corrected chi connectivity index (χ1v) is 9.36. The first-order valence-electron chi connectivity index (χ1n) is 9.36. The monoisotopic (exact) mass is 349 g/mol. The van der Waals surface area contributed by atoms with Crippen molar-refractivity contribution in [3.05, 3.63) is 17.8 Å². The molecule has 1 amide bonds. The highest BCUT2D eigenvalue weighted by molar-refractivity contribution is 5.92. The zero-order chi connectivity index (χ0) is 17.2. The molecular weight excluding hydrogens is 322 g/mol. The Hall–Kier alpha value is -1.44. The normalized spacial score (nSPS) is 29.2. The molecule has 3 saturated heterocycles. The Morgan fingerprint density at radius 2 is 1.84 bits per heavy atom. The molecule has 7 heteroatoms. The molecule has 1 aromatic rings. The zero-order valence-corrected chi connectivity index (χ0v) is 14.9. The molecule has 3 aliphatic heterocycles. The topological polar surface area (TPSA) is 68.0 Å². The highest BCUT2D eigenvalue weighted by Gasteiger charge is 2.37. The lowest BCUT2D eigenvalue weighted by Gasteiger charge is -2.33. The fraction of sp³-hybridized carbons (Fsp3) is 0.778. The summed E-state index contributed by atoms with van der Waals surface area (Å²) in [4.78, 5) is 21.7. The van der Waals surface area contributed by atoms with Gasteiger partial charge in [-0.05, 0) is 18.8 Å². The summed E-state index contributed by atoms with van der Waals surface area (Å²) < 4.78 is 16.4. The van der Waals surface area contributed by atoms with E-state index in [2.05, 4.69) is 16.8 Å². The Bertz CT molecular complexity index is 593. The molecule has 25 heavy (non-hydrogen) atoms. The smallest absolute Gasteiger partial charge is 0.275 e. The van der Waals surface area contributed by atoms with Gasteiger partial charge >= 0.3 is 0 Å². The molecule has 3 fully saturated rings. The van der Waals surface area contributed by atoms with Crippen LogP contribution < -0.4 is 0 Å². The molecule has 0 bridgehead atoms. The summed E-state index contributed by atoms with van der Waals surface area (Å²) in [7, 11) is 0. The quantitative estimate of drug-likeness (QED) is 0.821. The van der Waals surface area contributed by atoms with Gasteiger partial charge in [0, 0.05) is 51.4 Å². The van der Waals surface area contributed by atoms with Gasteiger partial charge in [-0.25, -0.2) is 4.98 Å². The molecule has 0 spiro atoms. The number of morpholine rings is 1. The molecule has 7 nitrogen and oxygen atoms in total. The highest BCUT2D eigenvalue weighted by Crippen LogP contribution is 2.28.